The summed E-state index contributed by atoms with van der Waals surface area (Å²) in [6, 6.07) is 64.0. The molecule has 0 saturated heterocycles. The molecule has 50 heavy (non-hydrogen) atoms. The summed E-state index contributed by atoms with van der Waals surface area (Å²) in [4.78, 5) is 2.46. The minimum absolute atomic E-state index is 0.108. The standard InChI is InChI=1S/C47H35N3/c1-47(2)39-25-14-12-23-36(39)37-30-29-35(31-40(37)47)48(32-17-6-3-7-18-32)42-27-16-28-43-45(42)44-38-24-13-15-26-41(38)49(33-19-8-4-9-20-33)46(44)50(43)34-21-10-5-11-22-34/h3-31H,1-2H3. The lowest BCUT2D eigenvalue weighted by Gasteiger charge is -2.29. The molecule has 2 heterocycles. The summed E-state index contributed by atoms with van der Waals surface area (Å²) >= 11 is 0. The molecule has 9 aromatic rings. The molecule has 0 aliphatic heterocycles. The van der Waals surface area contributed by atoms with E-state index in [0.717, 1.165) is 34.1 Å². The van der Waals surface area contributed by atoms with Crippen LogP contribution in [0.15, 0.2) is 176 Å². The van der Waals surface area contributed by atoms with E-state index in [2.05, 4.69) is 204 Å². The summed E-state index contributed by atoms with van der Waals surface area (Å²) in [6.07, 6.45) is 0. The van der Waals surface area contributed by atoms with Gasteiger partial charge >= 0.3 is 0 Å². The van der Waals surface area contributed by atoms with Crippen LogP contribution in [0.2, 0.25) is 0 Å². The summed E-state index contributed by atoms with van der Waals surface area (Å²) in [5, 5.41) is 3.70. The van der Waals surface area contributed by atoms with Gasteiger partial charge in [0, 0.05) is 44.3 Å². The Bertz CT molecular complexity index is 2720. The molecule has 1 aliphatic carbocycles. The zero-order chi connectivity index (χ0) is 33.4. The van der Waals surface area contributed by atoms with Crippen LogP contribution in [0, 0.1) is 0 Å². The Hall–Kier alpha value is -6.32. The molecule has 7 aromatic carbocycles. The van der Waals surface area contributed by atoms with E-state index in [1.54, 1.807) is 0 Å². The van der Waals surface area contributed by atoms with Crippen molar-refractivity contribution >= 4 is 49.9 Å². The highest BCUT2D eigenvalue weighted by atomic mass is 15.2. The van der Waals surface area contributed by atoms with Gasteiger partial charge in [-0.3, -0.25) is 9.13 Å². The van der Waals surface area contributed by atoms with Crippen molar-refractivity contribution in [2.45, 2.75) is 19.3 Å². The average molecular weight is 642 g/mol. The normalized spacial score (nSPS) is 13.2. The van der Waals surface area contributed by atoms with Gasteiger partial charge in [0.1, 0.15) is 5.65 Å². The van der Waals surface area contributed by atoms with E-state index in [-0.39, 0.29) is 5.41 Å². The van der Waals surface area contributed by atoms with Gasteiger partial charge in [-0.25, -0.2) is 0 Å². The molecule has 2 aromatic heterocycles. The molecule has 0 fully saturated rings. The Kier molecular flexibility index (Phi) is 6.22. The number of para-hydroxylation sites is 4. The van der Waals surface area contributed by atoms with E-state index >= 15 is 0 Å². The smallest absolute Gasteiger partial charge is 0.131 e. The molecule has 0 unspecified atom stereocenters. The van der Waals surface area contributed by atoms with Gasteiger partial charge in [0.05, 0.1) is 16.7 Å². The van der Waals surface area contributed by atoms with Gasteiger partial charge in [0.15, 0.2) is 0 Å². The van der Waals surface area contributed by atoms with Crippen molar-refractivity contribution in [2.24, 2.45) is 0 Å². The van der Waals surface area contributed by atoms with Gasteiger partial charge in [0.25, 0.3) is 0 Å². The first kappa shape index (κ1) is 28.7. The van der Waals surface area contributed by atoms with E-state index in [1.165, 1.54) is 49.4 Å². The van der Waals surface area contributed by atoms with Crippen LogP contribution in [0.3, 0.4) is 0 Å². The fraction of sp³-hybridized carbons (Fsp3) is 0.0638. The maximum absolute atomic E-state index is 2.46. The molecule has 238 valence electrons. The fourth-order valence-corrected chi connectivity index (χ4v) is 8.47. The first-order chi connectivity index (χ1) is 24.6. The van der Waals surface area contributed by atoms with Crippen molar-refractivity contribution in [3.05, 3.63) is 187 Å². The van der Waals surface area contributed by atoms with Crippen molar-refractivity contribution in [3.8, 4) is 22.5 Å². The molecule has 0 saturated carbocycles. The third kappa shape index (κ3) is 4.04. The predicted octanol–water partition coefficient (Wildman–Crippen LogP) is 12.5. The van der Waals surface area contributed by atoms with Crippen LogP contribution >= 0.6 is 0 Å². The molecule has 0 amide bonds. The number of hydrogen-bond acceptors (Lipinski definition) is 1. The molecule has 1 aliphatic rings. The number of fused-ring (bicyclic) bond motifs is 8. The number of anilines is 3. The molecular formula is C47H35N3. The van der Waals surface area contributed by atoms with E-state index in [4.69, 9.17) is 0 Å². The van der Waals surface area contributed by atoms with E-state index < -0.39 is 0 Å². The second kappa shape index (κ2) is 10.8. The zero-order valence-electron chi connectivity index (χ0n) is 28.1. The quantitative estimate of drug-likeness (QED) is 0.182. The van der Waals surface area contributed by atoms with E-state index in [9.17, 15) is 0 Å². The molecule has 10 rings (SSSR count). The summed E-state index contributed by atoms with van der Waals surface area (Å²) in [7, 11) is 0. The second-order valence-corrected chi connectivity index (χ2v) is 13.8. The van der Waals surface area contributed by atoms with Gasteiger partial charge in [-0.1, -0.05) is 123 Å². The number of aromatic nitrogens is 2. The third-order valence-electron chi connectivity index (χ3n) is 10.7. The SMILES string of the molecule is CC1(C)c2ccccc2-c2ccc(N(c3ccccc3)c3cccc4c3c3c5ccccc5n(-c5ccccc5)c3n4-c3ccccc3)cc21. The van der Waals surface area contributed by atoms with Crippen LogP contribution in [-0.2, 0) is 5.41 Å². The van der Waals surface area contributed by atoms with Gasteiger partial charge in [0.2, 0.25) is 0 Å². The van der Waals surface area contributed by atoms with Crippen LogP contribution in [0.4, 0.5) is 17.1 Å². The van der Waals surface area contributed by atoms with Crippen LogP contribution in [-0.4, -0.2) is 9.13 Å². The molecule has 3 heteroatoms. The van der Waals surface area contributed by atoms with Crippen LogP contribution in [0.5, 0.6) is 0 Å². The molecule has 0 radical (unpaired) electrons. The second-order valence-electron chi connectivity index (χ2n) is 13.8. The number of benzene rings is 7. The Morgan fingerprint density at radius 1 is 0.440 bits per heavy atom. The minimum atomic E-state index is -0.108. The maximum atomic E-state index is 2.46. The van der Waals surface area contributed by atoms with Gasteiger partial charge in [-0.05, 0) is 89.0 Å². The Morgan fingerprint density at radius 2 is 1.02 bits per heavy atom. The predicted molar refractivity (Wildman–Crippen MR) is 210 cm³/mol. The lowest BCUT2D eigenvalue weighted by molar-refractivity contribution is 0.660. The van der Waals surface area contributed by atoms with Crippen LogP contribution < -0.4 is 4.90 Å². The minimum Gasteiger partial charge on any atom is -0.310 e. The first-order valence-corrected chi connectivity index (χ1v) is 17.4. The maximum Gasteiger partial charge on any atom is 0.131 e. The van der Waals surface area contributed by atoms with Crippen molar-refractivity contribution in [1.29, 1.82) is 0 Å². The Morgan fingerprint density at radius 3 is 1.76 bits per heavy atom. The highest BCUT2D eigenvalue weighted by Crippen LogP contribution is 2.52. The molecule has 0 bridgehead atoms. The Labute approximate surface area is 291 Å². The molecule has 0 N–H and O–H groups in total. The molecular weight excluding hydrogens is 607 g/mol. The highest BCUT2D eigenvalue weighted by molar-refractivity contribution is 6.26. The number of rotatable bonds is 5. The largest absolute Gasteiger partial charge is 0.310 e. The highest BCUT2D eigenvalue weighted by Gasteiger charge is 2.36. The zero-order valence-corrected chi connectivity index (χ0v) is 28.1. The molecule has 0 atom stereocenters. The lowest BCUT2D eigenvalue weighted by atomic mass is 9.82. The number of nitrogens with zero attached hydrogens (tertiary/aromatic N) is 3. The summed E-state index contributed by atoms with van der Waals surface area (Å²) in [5.74, 6) is 0. The van der Waals surface area contributed by atoms with Crippen molar-refractivity contribution in [1.82, 2.24) is 9.13 Å². The average Bonchev–Trinajstić information content (AvgIpc) is 3.76. The van der Waals surface area contributed by atoms with Crippen LogP contribution in [0.1, 0.15) is 25.0 Å². The lowest BCUT2D eigenvalue weighted by Crippen LogP contribution is -2.16. The molecule has 3 nitrogen and oxygen atoms in total. The van der Waals surface area contributed by atoms with Crippen molar-refractivity contribution < 1.29 is 0 Å². The van der Waals surface area contributed by atoms with Crippen molar-refractivity contribution in [2.75, 3.05) is 4.90 Å². The van der Waals surface area contributed by atoms with E-state index in [1.807, 2.05) is 0 Å². The monoisotopic (exact) mass is 641 g/mol. The third-order valence-corrected chi connectivity index (χ3v) is 10.7. The van der Waals surface area contributed by atoms with Gasteiger partial charge in [-0.2, -0.15) is 0 Å². The summed E-state index contributed by atoms with van der Waals surface area (Å²) < 4.78 is 4.89. The van der Waals surface area contributed by atoms with E-state index in [0.29, 0.717) is 0 Å². The first-order valence-electron chi connectivity index (χ1n) is 17.4. The molecule has 0 spiro atoms. The van der Waals surface area contributed by atoms with Crippen LogP contribution in [0.25, 0.3) is 55.3 Å². The summed E-state index contributed by atoms with van der Waals surface area (Å²) in [6.45, 7) is 4.72. The van der Waals surface area contributed by atoms with Gasteiger partial charge in [-0.15, -0.1) is 0 Å². The number of hydrogen-bond donors (Lipinski definition) is 0. The fourth-order valence-electron chi connectivity index (χ4n) is 8.47. The summed E-state index contributed by atoms with van der Waals surface area (Å²) in [5.41, 5.74) is 14.5. The van der Waals surface area contributed by atoms with Crippen molar-refractivity contribution in [3.63, 3.8) is 0 Å². The topological polar surface area (TPSA) is 13.1 Å². The van der Waals surface area contributed by atoms with Gasteiger partial charge < -0.3 is 4.90 Å². The Balaban J connectivity index is 1.34.